The second-order valence-corrected chi connectivity index (χ2v) is 7.20. The van der Waals surface area contributed by atoms with Crippen LogP contribution in [-0.2, 0) is 15.1 Å². The second-order valence-electron chi connectivity index (χ2n) is 6.29. The summed E-state index contributed by atoms with van der Waals surface area (Å²) in [4.78, 5) is 44.7. The molecule has 1 aromatic carbocycles. The molecule has 0 saturated carbocycles. The highest BCUT2D eigenvalue weighted by Crippen LogP contribution is 2.28. The van der Waals surface area contributed by atoms with E-state index in [1.54, 1.807) is 49.5 Å². The summed E-state index contributed by atoms with van der Waals surface area (Å²) in [6.07, 6.45) is 1.59. The molecule has 0 bridgehead atoms. The number of carbonyl (C=O) groups excluding carboxylic acids is 3. The zero-order valence-corrected chi connectivity index (χ0v) is 16.6. The minimum Gasteiger partial charge on any atom is -0.319 e. The predicted molar refractivity (Wildman–Crippen MR) is 104 cm³/mol. The number of pyridine rings is 1. The average molecular weight is 431 g/mol. The summed E-state index contributed by atoms with van der Waals surface area (Å²) >= 11 is 3.30. The third-order valence-electron chi connectivity index (χ3n) is 4.53. The number of carbonyl (C=O) groups is 3. The molecule has 2 heterocycles. The van der Waals surface area contributed by atoms with Crippen LogP contribution in [0, 0.1) is 0 Å². The standard InChI is InChI=1S/C19H19BrN4O3/c1-3-23(15-10-9-14(20)11-21-15)16(25)12-24-17(26)19(2,22-18(24)27)13-7-5-4-6-8-13/h4-11H,3,12H2,1-2H3,(H,22,27). The number of halogens is 1. The summed E-state index contributed by atoms with van der Waals surface area (Å²) in [6, 6.07) is 11.9. The zero-order valence-electron chi connectivity index (χ0n) is 15.0. The molecule has 1 saturated heterocycles. The lowest BCUT2D eigenvalue weighted by Crippen LogP contribution is -2.44. The van der Waals surface area contributed by atoms with Crippen LogP contribution in [0.25, 0.3) is 0 Å². The first-order valence-corrected chi connectivity index (χ1v) is 9.27. The molecule has 1 unspecified atom stereocenters. The van der Waals surface area contributed by atoms with E-state index in [-0.39, 0.29) is 12.5 Å². The summed E-state index contributed by atoms with van der Waals surface area (Å²) in [7, 11) is 0. The van der Waals surface area contributed by atoms with Crippen molar-refractivity contribution in [1.29, 1.82) is 0 Å². The SMILES string of the molecule is CCN(C(=O)CN1C(=O)NC(C)(c2ccccc2)C1=O)c1ccc(Br)cn1. The highest BCUT2D eigenvalue weighted by atomic mass is 79.9. The smallest absolute Gasteiger partial charge is 0.319 e. The van der Waals surface area contributed by atoms with Gasteiger partial charge in [-0.25, -0.2) is 9.78 Å². The molecule has 0 radical (unpaired) electrons. The highest BCUT2D eigenvalue weighted by Gasteiger charge is 2.49. The van der Waals surface area contributed by atoms with E-state index in [0.29, 0.717) is 17.9 Å². The van der Waals surface area contributed by atoms with Crippen molar-refractivity contribution >= 4 is 39.6 Å². The van der Waals surface area contributed by atoms with Gasteiger partial charge in [0.05, 0.1) is 0 Å². The molecular formula is C19H19BrN4O3. The largest absolute Gasteiger partial charge is 0.325 e. The number of aromatic nitrogens is 1. The van der Waals surface area contributed by atoms with Crippen molar-refractivity contribution in [1.82, 2.24) is 15.2 Å². The average Bonchev–Trinajstić information content (AvgIpc) is 2.89. The fourth-order valence-electron chi connectivity index (χ4n) is 3.02. The van der Waals surface area contributed by atoms with Crippen molar-refractivity contribution in [2.24, 2.45) is 0 Å². The molecule has 1 aliphatic heterocycles. The van der Waals surface area contributed by atoms with Crippen LogP contribution in [0.5, 0.6) is 0 Å². The number of hydrogen-bond acceptors (Lipinski definition) is 4. The predicted octanol–water partition coefficient (Wildman–Crippen LogP) is 2.66. The van der Waals surface area contributed by atoms with Crippen LogP contribution in [0.2, 0.25) is 0 Å². The van der Waals surface area contributed by atoms with Gasteiger partial charge in [-0.3, -0.25) is 19.4 Å². The molecule has 0 spiro atoms. The number of imide groups is 1. The molecule has 1 aliphatic rings. The van der Waals surface area contributed by atoms with Crippen molar-refractivity contribution in [3.8, 4) is 0 Å². The van der Waals surface area contributed by atoms with E-state index in [2.05, 4.69) is 26.2 Å². The Morgan fingerprint density at radius 2 is 1.93 bits per heavy atom. The fourth-order valence-corrected chi connectivity index (χ4v) is 3.26. The van der Waals surface area contributed by atoms with Crippen LogP contribution >= 0.6 is 15.9 Å². The summed E-state index contributed by atoms with van der Waals surface area (Å²) in [6.45, 7) is 3.47. The topological polar surface area (TPSA) is 82.6 Å². The van der Waals surface area contributed by atoms with Crippen molar-refractivity contribution in [3.63, 3.8) is 0 Å². The van der Waals surface area contributed by atoms with E-state index in [9.17, 15) is 14.4 Å². The molecule has 0 aliphatic carbocycles. The van der Waals surface area contributed by atoms with Gasteiger partial charge >= 0.3 is 6.03 Å². The van der Waals surface area contributed by atoms with Gasteiger partial charge in [0.1, 0.15) is 17.9 Å². The van der Waals surface area contributed by atoms with Crippen molar-refractivity contribution in [2.45, 2.75) is 19.4 Å². The first-order chi connectivity index (χ1) is 12.9. The van der Waals surface area contributed by atoms with Crippen LogP contribution in [-0.4, -0.2) is 40.8 Å². The van der Waals surface area contributed by atoms with Crippen LogP contribution in [0.4, 0.5) is 10.6 Å². The Hall–Kier alpha value is -2.74. The van der Waals surface area contributed by atoms with Crippen molar-refractivity contribution in [3.05, 3.63) is 58.7 Å². The summed E-state index contributed by atoms with van der Waals surface area (Å²) in [5, 5.41) is 2.70. The third-order valence-corrected chi connectivity index (χ3v) is 4.99. The molecule has 1 aromatic heterocycles. The number of urea groups is 1. The van der Waals surface area contributed by atoms with Gasteiger partial charge in [0, 0.05) is 17.2 Å². The Bertz CT molecular complexity index is 872. The van der Waals surface area contributed by atoms with Gasteiger partial charge < -0.3 is 5.32 Å². The number of rotatable bonds is 5. The van der Waals surface area contributed by atoms with Gasteiger partial charge in [0.2, 0.25) is 5.91 Å². The highest BCUT2D eigenvalue weighted by molar-refractivity contribution is 9.10. The van der Waals surface area contributed by atoms with Gasteiger partial charge in [0.15, 0.2) is 0 Å². The van der Waals surface area contributed by atoms with Crippen LogP contribution in [0.1, 0.15) is 19.4 Å². The summed E-state index contributed by atoms with van der Waals surface area (Å²) < 4.78 is 0.794. The monoisotopic (exact) mass is 430 g/mol. The van der Waals surface area contributed by atoms with Gasteiger partial charge in [-0.05, 0) is 47.5 Å². The normalized spacial score (nSPS) is 19.1. The fraction of sp³-hybridized carbons (Fsp3) is 0.263. The molecule has 3 rings (SSSR count). The summed E-state index contributed by atoms with van der Waals surface area (Å²) in [5.74, 6) is -0.372. The number of benzene rings is 1. The maximum atomic E-state index is 12.9. The Morgan fingerprint density at radius 1 is 1.22 bits per heavy atom. The zero-order chi connectivity index (χ0) is 19.6. The Morgan fingerprint density at radius 3 is 2.52 bits per heavy atom. The van der Waals surface area contributed by atoms with E-state index < -0.39 is 17.5 Å². The minimum atomic E-state index is -1.19. The molecule has 8 heteroatoms. The molecule has 1 atom stereocenters. The van der Waals surface area contributed by atoms with E-state index >= 15 is 0 Å². The Labute approximate surface area is 165 Å². The number of nitrogens with one attached hydrogen (secondary N) is 1. The quantitative estimate of drug-likeness (QED) is 0.739. The molecule has 7 nitrogen and oxygen atoms in total. The number of anilines is 1. The van der Waals surface area contributed by atoms with Crippen LogP contribution in [0.15, 0.2) is 53.1 Å². The number of nitrogens with zero attached hydrogens (tertiary/aromatic N) is 3. The van der Waals surface area contributed by atoms with Crippen LogP contribution < -0.4 is 10.2 Å². The Balaban J connectivity index is 1.80. The molecule has 27 heavy (non-hydrogen) atoms. The molecule has 1 fully saturated rings. The van der Waals surface area contributed by atoms with Crippen molar-refractivity contribution < 1.29 is 14.4 Å². The van der Waals surface area contributed by atoms with Gasteiger partial charge in [-0.2, -0.15) is 0 Å². The molecule has 140 valence electrons. The van der Waals surface area contributed by atoms with E-state index in [0.717, 1.165) is 9.37 Å². The first kappa shape index (κ1) is 19.0. The Kier molecular flexibility index (Phi) is 5.27. The van der Waals surface area contributed by atoms with Gasteiger partial charge in [-0.15, -0.1) is 0 Å². The molecular weight excluding hydrogens is 412 g/mol. The van der Waals surface area contributed by atoms with E-state index in [1.165, 1.54) is 4.90 Å². The van der Waals surface area contributed by atoms with Gasteiger partial charge in [0.25, 0.3) is 5.91 Å². The lowest BCUT2D eigenvalue weighted by atomic mass is 9.92. The van der Waals surface area contributed by atoms with E-state index in [1.807, 2.05) is 13.0 Å². The number of likely N-dealkylation sites (N-methyl/N-ethyl adjacent to an activating group) is 1. The first-order valence-electron chi connectivity index (χ1n) is 8.48. The summed E-state index contributed by atoms with van der Waals surface area (Å²) in [5.41, 5.74) is -0.522. The molecule has 4 amide bonds. The number of amides is 4. The lowest BCUT2D eigenvalue weighted by molar-refractivity contribution is -0.134. The molecule has 1 N–H and O–H groups in total. The van der Waals surface area contributed by atoms with Gasteiger partial charge in [-0.1, -0.05) is 30.3 Å². The van der Waals surface area contributed by atoms with Crippen LogP contribution in [0.3, 0.4) is 0 Å². The van der Waals surface area contributed by atoms with Crippen molar-refractivity contribution in [2.75, 3.05) is 18.0 Å². The maximum Gasteiger partial charge on any atom is 0.325 e. The lowest BCUT2D eigenvalue weighted by Gasteiger charge is -2.24. The maximum absolute atomic E-state index is 12.9. The second kappa shape index (κ2) is 7.48. The minimum absolute atomic E-state index is 0.349. The van der Waals surface area contributed by atoms with E-state index in [4.69, 9.17) is 0 Å². The molecule has 2 aromatic rings. The number of hydrogen-bond donors (Lipinski definition) is 1. The third kappa shape index (κ3) is 3.57.